The van der Waals surface area contributed by atoms with Crippen LogP contribution in [0.25, 0.3) is 11.2 Å². The van der Waals surface area contributed by atoms with Crippen LogP contribution in [0.3, 0.4) is 0 Å². The van der Waals surface area contributed by atoms with Crippen LogP contribution in [0.15, 0.2) is 43.2 Å². The zero-order valence-electron chi connectivity index (χ0n) is 14.5. The molecule has 136 valence electrons. The molecule has 27 heavy (non-hydrogen) atoms. The Kier molecular flexibility index (Phi) is 3.77. The van der Waals surface area contributed by atoms with E-state index in [1.54, 1.807) is 23.4 Å². The third-order valence-corrected chi connectivity index (χ3v) is 4.53. The van der Waals surface area contributed by atoms with Gasteiger partial charge in [-0.05, 0) is 30.5 Å². The SMILES string of the molecule is Fc1cccc(Cn2cnc(CNc3ncnc4c3ncn4C3CC3)n2)c1. The van der Waals surface area contributed by atoms with E-state index < -0.39 is 0 Å². The lowest BCUT2D eigenvalue weighted by molar-refractivity contribution is 0.618. The van der Waals surface area contributed by atoms with Gasteiger partial charge < -0.3 is 9.88 Å². The Labute approximate surface area is 154 Å². The number of hydrogen-bond donors (Lipinski definition) is 1. The second kappa shape index (κ2) is 6.42. The van der Waals surface area contributed by atoms with Crippen molar-refractivity contribution in [2.45, 2.75) is 32.0 Å². The maximum atomic E-state index is 13.3. The third kappa shape index (κ3) is 3.23. The predicted molar refractivity (Wildman–Crippen MR) is 96.4 cm³/mol. The number of rotatable bonds is 6. The van der Waals surface area contributed by atoms with Crippen molar-refractivity contribution in [3.05, 3.63) is 60.5 Å². The second-order valence-corrected chi connectivity index (χ2v) is 6.62. The lowest BCUT2D eigenvalue weighted by Crippen LogP contribution is -2.06. The number of imidazole rings is 1. The van der Waals surface area contributed by atoms with Crippen LogP contribution in [0, 0.1) is 5.82 Å². The van der Waals surface area contributed by atoms with Crippen molar-refractivity contribution in [1.82, 2.24) is 34.3 Å². The molecule has 0 aliphatic heterocycles. The molecule has 0 saturated heterocycles. The molecule has 3 aromatic heterocycles. The Morgan fingerprint density at radius 1 is 1.11 bits per heavy atom. The summed E-state index contributed by atoms with van der Waals surface area (Å²) in [4.78, 5) is 17.4. The van der Waals surface area contributed by atoms with E-state index in [0.717, 1.165) is 16.7 Å². The van der Waals surface area contributed by atoms with Gasteiger partial charge in [-0.3, -0.25) is 0 Å². The normalized spacial score (nSPS) is 14.0. The van der Waals surface area contributed by atoms with E-state index in [1.165, 1.54) is 25.0 Å². The van der Waals surface area contributed by atoms with Crippen molar-refractivity contribution in [2.75, 3.05) is 5.32 Å². The Morgan fingerprint density at radius 3 is 2.89 bits per heavy atom. The highest BCUT2D eigenvalue weighted by atomic mass is 19.1. The molecule has 1 fully saturated rings. The number of nitrogens with zero attached hydrogens (tertiary/aromatic N) is 7. The minimum atomic E-state index is -0.257. The van der Waals surface area contributed by atoms with E-state index in [1.807, 2.05) is 12.4 Å². The van der Waals surface area contributed by atoms with Crippen LogP contribution in [0.1, 0.15) is 30.3 Å². The predicted octanol–water partition coefficient (Wildman–Crippen LogP) is 2.55. The molecule has 0 amide bonds. The van der Waals surface area contributed by atoms with E-state index in [4.69, 9.17) is 0 Å². The van der Waals surface area contributed by atoms with Gasteiger partial charge in [-0.2, -0.15) is 5.10 Å². The summed E-state index contributed by atoms with van der Waals surface area (Å²) in [7, 11) is 0. The van der Waals surface area contributed by atoms with Crippen molar-refractivity contribution in [3.8, 4) is 0 Å². The minimum Gasteiger partial charge on any atom is -0.361 e. The molecule has 1 N–H and O–H groups in total. The molecule has 4 aromatic rings. The smallest absolute Gasteiger partial charge is 0.169 e. The molecule has 8 nitrogen and oxygen atoms in total. The number of benzene rings is 1. The third-order valence-electron chi connectivity index (χ3n) is 4.53. The lowest BCUT2D eigenvalue weighted by atomic mass is 10.2. The number of anilines is 1. The van der Waals surface area contributed by atoms with Gasteiger partial charge >= 0.3 is 0 Å². The second-order valence-electron chi connectivity index (χ2n) is 6.62. The molecule has 1 aliphatic rings. The van der Waals surface area contributed by atoms with Crippen LogP contribution in [-0.2, 0) is 13.1 Å². The quantitative estimate of drug-likeness (QED) is 0.566. The largest absolute Gasteiger partial charge is 0.361 e. The maximum absolute atomic E-state index is 13.3. The average molecular weight is 364 g/mol. The Morgan fingerprint density at radius 2 is 2.04 bits per heavy atom. The van der Waals surface area contributed by atoms with E-state index in [9.17, 15) is 4.39 Å². The number of fused-ring (bicyclic) bond motifs is 1. The highest BCUT2D eigenvalue weighted by molar-refractivity contribution is 5.82. The number of hydrogen-bond acceptors (Lipinski definition) is 6. The number of halogens is 1. The molecular weight excluding hydrogens is 347 g/mol. The number of aromatic nitrogens is 7. The van der Waals surface area contributed by atoms with Crippen molar-refractivity contribution >= 4 is 17.0 Å². The van der Waals surface area contributed by atoms with Gasteiger partial charge in [-0.25, -0.2) is 29.0 Å². The van der Waals surface area contributed by atoms with Gasteiger partial charge in [-0.15, -0.1) is 0 Å². The van der Waals surface area contributed by atoms with Crippen LogP contribution in [0.4, 0.5) is 10.2 Å². The molecule has 5 rings (SSSR count). The van der Waals surface area contributed by atoms with Crippen molar-refractivity contribution in [1.29, 1.82) is 0 Å². The van der Waals surface area contributed by atoms with Gasteiger partial charge in [0.05, 0.1) is 19.4 Å². The summed E-state index contributed by atoms with van der Waals surface area (Å²) in [5, 5.41) is 7.66. The molecule has 1 aromatic carbocycles. The molecule has 0 unspecified atom stereocenters. The first-order valence-corrected chi connectivity index (χ1v) is 8.80. The molecule has 0 bridgehead atoms. The molecule has 1 aliphatic carbocycles. The molecular formula is C18H17FN8. The van der Waals surface area contributed by atoms with Crippen molar-refractivity contribution < 1.29 is 4.39 Å². The summed E-state index contributed by atoms with van der Waals surface area (Å²) < 4.78 is 17.1. The first kappa shape index (κ1) is 15.9. The molecule has 9 heteroatoms. The highest BCUT2D eigenvalue weighted by Crippen LogP contribution is 2.37. The zero-order valence-corrected chi connectivity index (χ0v) is 14.5. The molecule has 3 heterocycles. The first-order valence-electron chi connectivity index (χ1n) is 8.80. The van der Waals surface area contributed by atoms with E-state index >= 15 is 0 Å². The van der Waals surface area contributed by atoms with E-state index in [0.29, 0.717) is 30.8 Å². The van der Waals surface area contributed by atoms with E-state index in [2.05, 4.69) is 34.9 Å². The molecule has 1 saturated carbocycles. The number of nitrogens with one attached hydrogen (secondary N) is 1. The summed E-state index contributed by atoms with van der Waals surface area (Å²) in [5.74, 6) is 1.04. The average Bonchev–Trinajstić information content (AvgIpc) is 3.26. The zero-order chi connectivity index (χ0) is 18.2. The van der Waals surface area contributed by atoms with Crippen molar-refractivity contribution in [3.63, 3.8) is 0 Å². The standard InChI is InChI=1S/C18H17FN8/c19-13-3-1-2-12(6-13)8-26-10-23-15(25-26)7-20-17-16-18(22-9-21-17)27(11-24-16)14-4-5-14/h1-3,6,9-11,14H,4-5,7-8H2,(H,20,21,22). The van der Waals surface area contributed by atoms with Gasteiger partial charge in [0.25, 0.3) is 0 Å². The van der Waals surface area contributed by atoms with Crippen molar-refractivity contribution in [2.24, 2.45) is 0 Å². The Hall–Kier alpha value is -3.36. The van der Waals surface area contributed by atoms with Gasteiger partial charge in [-0.1, -0.05) is 12.1 Å². The van der Waals surface area contributed by atoms with Gasteiger partial charge in [0.2, 0.25) is 0 Å². The lowest BCUT2D eigenvalue weighted by Gasteiger charge is -2.04. The van der Waals surface area contributed by atoms with E-state index in [-0.39, 0.29) is 5.82 Å². The van der Waals surface area contributed by atoms with Crippen LogP contribution < -0.4 is 5.32 Å². The summed E-state index contributed by atoms with van der Waals surface area (Å²) in [5.41, 5.74) is 2.44. The fraction of sp³-hybridized carbons (Fsp3) is 0.278. The summed E-state index contributed by atoms with van der Waals surface area (Å²) in [6.07, 6.45) is 7.35. The minimum absolute atomic E-state index is 0.257. The monoisotopic (exact) mass is 364 g/mol. The summed E-state index contributed by atoms with van der Waals surface area (Å²) in [6.45, 7) is 0.882. The van der Waals surface area contributed by atoms with Crippen LogP contribution >= 0.6 is 0 Å². The highest BCUT2D eigenvalue weighted by Gasteiger charge is 2.26. The van der Waals surface area contributed by atoms with Gasteiger partial charge in [0.15, 0.2) is 17.3 Å². The molecule has 0 radical (unpaired) electrons. The fourth-order valence-electron chi connectivity index (χ4n) is 3.08. The van der Waals surface area contributed by atoms with Crippen LogP contribution in [-0.4, -0.2) is 34.3 Å². The maximum Gasteiger partial charge on any atom is 0.169 e. The van der Waals surface area contributed by atoms with Gasteiger partial charge in [0.1, 0.15) is 24.0 Å². The first-order chi connectivity index (χ1) is 13.3. The van der Waals surface area contributed by atoms with Crippen LogP contribution in [0.5, 0.6) is 0 Å². The topological polar surface area (TPSA) is 86.3 Å². The summed E-state index contributed by atoms with van der Waals surface area (Å²) in [6, 6.07) is 6.97. The van der Waals surface area contributed by atoms with Gasteiger partial charge in [0, 0.05) is 6.04 Å². The Balaban J connectivity index is 1.29. The Bertz CT molecular complexity index is 1100. The fourth-order valence-corrected chi connectivity index (χ4v) is 3.08. The summed E-state index contributed by atoms with van der Waals surface area (Å²) >= 11 is 0. The molecule has 0 atom stereocenters. The van der Waals surface area contributed by atoms with Crippen LogP contribution in [0.2, 0.25) is 0 Å². The molecule has 0 spiro atoms.